The number of carbonyl (C=O) groups excluding carboxylic acids is 2. The number of aryl methyl sites for hydroxylation is 1. The molecule has 1 aromatic carbocycles. The minimum Gasteiger partial charge on any atom is -0.370 e. The average Bonchev–Trinajstić information content (AvgIpc) is 2.39. The van der Waals surface area contributed by atoms with Crippen molar-refractivity contribution in [2.24, 2.45) is 5.73 Å². The molecule has 0 radical (unpaired) electrons. The fourth-order valence-corrected chi connectivity index (χ4v) is 1.03. The molecule has 0 fully saturated rings. The third-order valence-corrected chi connectivity index (χ3v) is 1.76. The number of hydrogen-bond donors (Lipinski definition) is 2. The molecule has 1 rings (SSSR count). The molecular formula is C14H24N2O2. The van der Waals surface area contributed by atoms with E-state index in [2.05, 4.69) is 11.1 Å². The van der Waals surface area contributed by atoms with Gasteiger partial charge in [-0.2, -0.15) is 0 Å². The summed E-state index contributed by atoms with van der Waals surface area (Å²) in [5, 5.41) is 2.60. The Morgan fingerprint density at radius 1 is 1.17 bits per heavy atom. The number of benzene rings is 1. The van der Waals surface area contributed by atoms with Gasteiger partial charge in [-0.05, 0) is 12.0 Å². The van der Waals surface area contributed by atoms with Crippen LogP contribution in [0, 0.1) is 0 Å². The molecule has 0 spiro atoms. The highest BCUT2D eigenvalue weighted by Gasteiger charge is 1.97. The summed E-state index contributed by atoms with van der Waals surface area (Å²) in [4.78, 5) is 20.1. The molecule has 0 heterocycles. The van der Waals surface area contributed by atoms with E-state index in [-0.39, 0.29) is 11.8 Å². The number of carbonyl (C=O) groups is 2. The number of primary amides is 1. The molecule has 0 unspecified atom stereocenters. The number of nitrogens with two attached hydrogens (primary N) is 1. The van der Waals surface area contributed by atoms with E-state index >= 15 is 0 Å². The van der Waals surface area contributed by atoms with Crippen LogP contribution < -0.4 is 11.1 Å². The van der Waals surface area contributed by atoms with Crippen LogP contribution in [0.4, 0.5) is 0 Å². The molecule has 102 valence electrons. The van der Waals surface area contributed by atoms with Gasteiger partial charge < -0.3 is 11.1 Å². The van der Waals surface area contributed by atoms with Gasteiger partial charge in [0.1, 0.15) is 0 Å². The minimum atomic E-state index is -0.333. The van der Waals surface area contributed by atoms with Crippen LogP contribution in [0.25, 0.3) is 0 Å². The Morgan fingerprint density at radius 2 is 1.61 bits per heavy atom. The van der Waals surface area contributed by atoms with Gasteiger partial charge in [0, 0.05) is 20.4 Å². The maximum absolute atomic E-state index is 10.9. The Bertz CT molecular complexity index is 320. The van der Waals surface area contributed by atoms with Crippen molar-refractivity contribution in [2.45, 2.75) is 33.6 Å². The maximum atomic E-state index is 10.9. The summed E-state index contributed by atoms with van der Waals surface area (Å²) in [5.74, 6) is -0.237. The van der Waals surface area contributed by atoms with Crippen LogP contribution in [0.2, 0.25) is 0 Å². The molecule has 3 N–H and O–H groups in total. The predicted molar refractivity (Wildman–Crippen MR) is 75.0 cm³/mol. The van der Waals surface area contributed by atoms with E-state index in [1.165, 1.54) is 12.5 Å². The SMILES string of the molecule is CC.CC(N)=O.CNC(=O)CCc1ccccc1. The van der Waals surface area contributed by atoms with Crippen LogP contribution in [-0.2, 0) is 16.0 Å². The van der Waals surface area contributed by atoms with Crippen molar-refractivity contribution in [3.05, 3.63) is 35.9 Å². The lowest BCUT2D eigenvalue weighted by Crippen LogP contribution is -2.17. The monoisotopic (exact) mass is 252 g/mol. The third-order valence-electron chi connectivity index (χ3n) is 1.76. The van der Waals surface area contributed by atoms with Crippen molar-refractivity contribution in [3.63, 3.8) is 0 Å². The highest BCUT2D eigenvalue weighted by Crippen LogP contribution is 2.01. The largest absolute Gasteiger partial charge is 0.370 e. The van der Waals surface area contributed by atoms with E-state index < -0.39 is 0 Å². The van der Waals surface area contributed by atoms with E-state index in [0.29, 0.717) is 6.42 Å². The standard InChI is InChI=1S/C10H13NO.C2H5NO.C2H6/c1-11-10(12)8-7-9-5-3-2-4-6-9;1-2(3)4;1-2/h2-6H,7-8H2,1H3,(H,11,12);1H3,(H2,3,4);1-2H3. The minimum absolute atomic E-state index is 0.0962. The van der Waals surface area contributed by atoms with Gasteiger partial charge in [0.2, 0.25) is 11.8 Å². The fraction of sp³-hybridized carbons (Fsp3) is 0.429. The first-order valence-corrected chi connectivity index (χ1v) is 6.06. The number of rotatable bonds is 3. The van der Waals surface area contributed by atoms with Crippen molar-refractivity contribution in [3.8, 4) is 0 Å². The van der Waals surface area contributed by atoms with Crippen LogP contribution in [0.3, 0.4) is 0 Å². The first kappa shape index (κ1) is 18.5. The fourth-order valence-electron chi connectivity index (χ4n) is 1.03. The lowest BCUT2D eigenvalue weighted by Gasteiger charge is -1.99. The van der Waals surface area contributed by atoms with Crippen LogP contribution in [0.15, 0.2) is 30.3 Å². The van der Waals surface area contributed by atoms with Gasteiger partial charge >= 0.3 is 0 Å². The molecule has 0 aromatic heterocycles. The van der Waals surface area contributed by atoms with E-state index in [1.807, 2.05) is 44.2 Å². The van der Waals surface area contributed by atoms with Gasteiger partial charge in [-0.1, -0.05) is 44.2 Å². The zero-order valence-corrected chi connectivity index (χ0v) is 11.7. The van der Waals surface area contributed by atoms with Gasteiger partial charge in [0.05, 0.1) is 0 Å². The summed E-state index contributed by atoms with van der Waals surface area (Å²) in [6, 6.07) is 10.0. The van der Waals surface area contributed by atoms with Gasteiger partial charge in [0.15, 0.2) is 0 Å². The summed E-state index contributed by atoms with van der Waals surface area (Å²) in [6.45, 7) is 5.31. The van der Waals surface area contributed by atoms with Crippen LogP contribution in [-0.4, -0.2) is 18.9 Å². The highest BCUT2D eigenvalue weighted by molar-refractivity contribution is 5.75. The second-order valence-corrected chi connectivity index (χ2v) is 3.27. The first-order valence-electron chi connectivity index (χ1n) is 6.06. The smallest absolute Gasteiger partial charge is 0.220 e. The number of amides is 2. The van der Waals surface area contributed by atoms with Gasteiger partial charge in [-0.3, -0.25) is 9.59 Å². The molecule has 18 heavy (non-hydrogen) atoms. The van der Waals surface area contributed by atoms with Crippen molar-refractivity contribution in [1.29, 1.82) is 0 Å². The van der Waals surface area contributed by atoms with Crippen molar-refractivity contribution >= 4 is 11.8 Å². The Balaban J connectivity index is 0. The Morgan fingerprint density at radius 3 is 2.00 bits per heavy atom. The maximum Gasteiger partial charge on any atom is 0.220 e. The van der Waals surface area contributed by atoms with Crippen molar-refractivity contribution in [2.75, 3.05) is 7.05 Å². The first-order chi connectivity index (χ1) is 8.56. The highest BCUT2D eigenvalue weighted by atomic mass is 16.1. The molecule has 0 aliphatic heterocycles. The Hall–Kier alpha value is -1.84. The summed E-state index contributed by atoms with van der Waals surface area (Å²) >= 11 is 0. The van der Waals surface area contributed by atoms with Gasteiger partial charge in [-0.15, -0.1) is 0 Å². The summed E-state index contributed by atoms with van der Waals surface area (Å²) < 4.78 is 0. The van der Waals surface area contributed by atoms with Crippen LogP contribution in [0.5, 0.6) is 0 Å². The Kier molecular flexibility index (Phi) is 13.6. The molecule has 1 aromatic rings. The summed E-state index contributed by atoms with van der Waals surface area (Å²) in [7, 11) is 1.66. The second kappa shape index (κ2) is 13.2. The van der Waals surface area contributed by atoms with Gasteiger partial charge in [-0.25, -0.2) is 0 Å². The predicted octanol–water partition coefficient (Wildman–Crippen LogP) is 1.88. The number of hydrogen-bond acceptors (Lipinski definition) is 2. The second-order valence-electron chi connectivity index (χ2n) is 3.27. The molecule has 2 amide bonds. The van der Waals surface area contributed by atoms with E-state index in [4.69, 9.17) is 0 Å². The normalized spacial score (nSPS) is 8.00. The molecule has 0 saturated heterocycles. The van der Waals surface area contributed by atoms with Crippen molar-refractivity contribution < 1.29 is 9.59 Å². The topological polar surface area (TPSA) is 72.2 Å². The third kappa shape index (κ3) is 14.2. The lowest BCUT2D eigenvalue weighted by molar-refractivity contribution is -0.120. The average molecular weight is 252 g/mol. The summed E-state index contributed by atoms with van der Waals surface area (Å²) in [5.41, 5.74) is 5.68. The molecular weight excluding hydrogens is 228 g/mol. The van der Waals surface area contributed by atoms with E-state index in [1.54, 1.807) is 7.05 Å². The van der Waals surface area contributed by atoms with Gasteiger partial charge in [0.25, 0.3) is 0 Å². The quantitative estimate of drug-likeness (QED) is 0.862. The molecule has 4 nitrogen and oxygen atoms in total. The van der Waals surface area contributed by atoms with Crippen LogP contribution in [0.1, 0.15) is 32.8 Å². The molecule has 0 bridgehead atoms. The van der Waals surface area contributed by atoms with E-state index in [9.17, 15) is 9.59 Å². The van der Waals surface area contributed by atoms with Crippen molar-refractivity contribution in [1.82, 2.24) is 5.32 Å². The number of nitrogens with one attached hydrogen (secondary N) is 1. The molecule has 4 heteroatoms. The molecule has 0 aliphatic carbocycles. The zero-order valence-electron chi connectivity index (χ0n) is 11.7. The Labute approximate surface area is 110 Å². The summed E-state index contributed by atoms with van der Waals surface area (Å²) in [6.07, 6.45) is 1.39. The zero-order chi connectivity index (χ0) is 14.4. The van der Waals surface area contributed by atoms with Crippen LogP contribution >= 0.6 is 0 Å². The molecule has 0 saturated carbocycles. The van der Waals surface area contributed by atoms with E-state index in [0.717, 1.165) is 6.42 Å². The molecule has 0 atom stereocenters. The lowest BCUT2D eigenvalue weighted by atomic mass is 10.1. The molecule has 0 aliphatic rings.